The van der Waals surface area contributed by atoms with Crippen LogP contribution in [0.4, 0.5) is 13.2 Å². The van der Waals surface area contributed by atoms with Crippen LogP contribution in [0.25, 0.3) is 0 Å². The van der Waals surface area contributed by atoms with Gasteiger partial charge in [0.15, 0.2) is 5.92 Å². The minimum atomic E-state index is -4.43. The van der Waals surface area contributed by atoms with Gasteiger partial charge in [0.1, 0.15) is 0 Å². The number of hydrogen-bond donors (Lipinski definition) is 0. The highest BCUT2D eigenvalue weighted by molar-refractivity contribution is 5.95. The number of hydrogen-bond acceptors (Lipinski definition) is 4. The standard InChI is InChI=1S/C21H27F3O4/c1-6-27-19(25)18(20(26)28-7-2)17(12-13(3)4)14(5)15-8-10-16(11-9-15)21(22,23)24/h8-11,14,17-18H,3,6-7,12H2,1-2,4-5H3/t14-,17-/m1/s1. The van der Waals surface area contributed by atoms with Crippen molar-refractivity contribution in [1.82, 2.24) is 0 Å². The Kier molecular flexibility index (Phi) is 8.72. The van der Waals surface area contributed by atoms with Gasteiger partial charge in [-0.05, 0) is 56.7 Å². The predicted octanol–water partition coefficient (Wildman–Crippen LogP) is 5.13. The molecule has 0 saturated carbocycles. The van der Waals surface area contributed by atoms with E-state index in [-0.39, 0.29) is 13.2 Å². The van der Waals surface area contributed by atoms with Crippen molar-refractivity contribution in [2.24, 2.45) is 11.8 Å². The maximum Gasteiger partial charge on any atom is 0.416 e. The molecule has 0 heterocycles. The largest absolute Gasteiger partial charge is 0.465 e. The fraction of sp³-hybridized carbons (Fsp3) is 0.524. The van der Waals surface area contributed by atoms with E-state index in [1.807, 2.05) is 0 Å². The van der Waals surface area contributed by atoms with Gasteiger partial charge in [0, 0.05) is 0 Å². The van der Waals surface area contributed by atoms with E-state index < -0.39 is 41.4 Å². The summed E-state index contributed by atoms with van der Waals surface area (Å²) in [5.41, 5.74) is 0.562. The summed E-state index contributed by atoms with van der Waals surface area (Å²) in [5, 5.41) is 0. The Morgan fingerprint density at radius 2 is 1.50 bits per heavy atom. The SMILES string of the molecule is C=C(C)C[C@@H](C(C(=O)OCC)C(=O)OCC)[C@H](C)c1ccc(C(F)(F)F)cc1. The summed E-state index contributed by atoms with van der Waals surface area (Å²) in [7, 11) is 0. The average Bonchev–Trinajstić information content (AvgIpc) is 2.60. The van der Waals surface area contributed by atoms with Crippen molar-refractivity contribution in [3.05, 3.63) is 47.5 Å². The Morgan fingerprint density at radius 3 is 1.86 bits per heavy atom. The van der Waals surface area contributed by atoms with Gasteiger partial charge in [-0.15, -0.1) is 6.58 Å². The Bertz CT molecular complexity index is 662. The van der Waals surface area contributed by atoms with Gasteiger partial charge in [0.25, 0.3) is 0 Å². The van der Waals surface area contributed by atoms with Crippen molar-refractivity contribution in [3.8, 4) is 0 Å². The van der Waals surface area contributed by atoms with E-state index in [9.17, 15) is 22.8 Å². The van der Waals surface area contributed by atoms with E-state index in [1.165, 1.54) is 12.1 Å². The summed E-state index contributed by atoms with van der Waals surface area (Å²) in [6.07, 6.45) is -4.11. The fourth-order valence-corrected chi connectivity index (χ4v) is 3.12. The van der Waals surface area contributed by atoms with Crippen LogP contribution in [-0.4, -0.2) is 25.2 Å². The molecule has 0 aliphatic heterocycles. The number of alkyl halides is 3. The summed E-state index contributed by atoms with van der Waals surface area (Å²) in [6, 6.07) is 4.72. The van der Waals surface area contributed by atoms with E-state index in [0.717, 1.165) is 17.7 Å². The first-order chi connectivity index (χ1) is 13.0. The number of carbonyl (C=O) groups excluding carboxylic acids is 2. The lowest BCUT2D eigenvalue weighted by molar-refractivity contribution is -0.164. The molecule has 1 aromatic rings. The van der Waals surface area contributed by atoms with Crippen LogP contribution in [0.15, 0.2) is 36.4 Å². The van der Waals surface area contributed by atoms with Crippen LogP contribution in [0.5, 0.6) is 0 Å². The molecular weight excluding hydrogens is 373 g/mol. The molecule has 4 nitrogen and oxygen atoms in total. The highest BCUT2D eigenvalue weighted by Crippen LogP contribution is 2.37. The van der Waals surface area contributed by atoms with Gasteiger partial charge in [-0.2, -0.15) is 13.2 Å². The molecule has 0 radical (unpaired) electrons. The first-order valence-electron chi connectivity index (χ1n) is 9.17. The smallest absolute Gasteiger partial charge is 0.416 e. The molecular formula is C21H27F3O4. The van der Waals surface area contributed by atoms with E-state index >= 15 is 0 Å². The van der Waals surface area contributed by atoms with Gasteiger partial charge in [-0.25, -0.2) is 0 Å². The van der Waals surface area contributed by atoms with Gasteiger partial charge in [-0.1, -0.05) is 24.6 Å². The number of rotatable bonds is 9. The van der Waals surface area contributed by atoms with Crippen LogP contribution in [-0.2, 0) is 25.2 Å². The molecule has 156 valence electrons. The molecule has 0 unspecified atom stereocenters. The Hall–Kier alpha value is -2.31. The normalized spacial score (nSPS) is 13.7. The number of esters is 2. The number of allylic oxidation sites excluding steroid dienone is 1. The Balaban J connectivity index is 3.29. The third-order valence-electron chi connectivity index (χ3n) is 4.50. The van der Waals surface area contributed by atoms with Crippen LogP contribution in [0, 0.1) is 11.8 Å². The predicted molar refractivity (Wildman–Crippen MR) is 99.5 cm³/mol. The van der Waals surface area contributed by atoms with E-state index in [4.69, 9.17) is 9.47 Å². The highest BCUT2D eigenvalue weighted by Gasteiger charge is 2.40. The van der Waals surface area contributed by atoms with Crippen molar-refractivity contribution < 1.29 is 32.2 Å². The molecule has 0 amide bonds. The fourth-order valence-electron chi connectivity index (χ4n) is 3.12. The maximum atomic E-state index is 12.8. The molecule has 28 heavy (non-hydrogen) atoms. The van der Waals surface area contributed by atoms with Gasteiger partial charge in [0.2, 0.25) is 0 Å². The third kappa shape index (κ3) is 6.39. The van der Waals surface area contributed by atoms with Crippen molar-refractivity contribution >= 4 is 11.9 Å². The number of ether oxygens (including phenoxy) is 2. The average molecular weight is 400 g/mol. The first-order valence-corrected chi connectivity index (χ1v) is 9.17. The molecule has 0 N–H and O–H groups in total. The molecule has 0 aliphatic carbocycles. The first kappa shape index (κ1) is 23.7. The van der Waals surface area contributed by atoms with Gasteiger partial charge < -0.3 is 9.47 Å². The lowest BCUT2D eigenvalue weighted by atomic mass is 9.75. The molecule has 0 bridgehead atoms. The summed E-state index contributed by atoms with van der Waals surface area (Å²) < 4.78 is 48.6. The van der Waals surface area contributed by atoms with Crippen LogP contribution < -0.4 is 0 Å². The zero-order valence-corrected chi connectivity index (χ0v) is 16.6. The van der Waals surface area contributed by atoms with E-state index in [2.05, 4.69) is 6.58 Å². The molecule has 1 aromatic carbocycles. The summed E-state index contributed by atoms with van der Waals surface area (Å²) in [5.74, 6) is -3.56. The number of benzene rings is 1. The second-order valence-corrected chi connectivity index (χ2v) is 6.72. The molecule has 2 atom stereocenters. The van der Waals surface area contributed by atoms with Gasteiger partial charge in [0.05, 0.1) is 18.8 Å². The van der Waals surface area contributed by atoms with Crippen LogP contribution in [0.1, 0.15) is 51.2 Å². The zero-order valence-electron chi connectivity index (χ0n) is 16.6. The molecule has 0 aromatic heterocycles. The second-order valence-electron chi connectivity index (χ2n) is 6.72. The maximum absolute atomic E-state index is 12.8. The number of halogens is 3. The minimum Gasteiger partial charge on any atom is -0.465 e. The second kappa shape index (κ2) is 10.3. The van der Waals surface area contributed by atoms with Crippen molar-refractivity contribution in [1.29, 1.82) is 0 Å². The van der Waals surface area contributed by atoms with E-state index in [1.54, 1.807) is 27.7 Å². The zero-order chi connectivity index (χ0) is 21.5. The quantitative estimate of drug-likeness (QED) is 0.327. The Labute approximate surface area is 163 Å². The summed E-state index contributed by atoms with van der Waals surface area (Å²) in [4.78, 5) is 25.0. The molecule has 0 aliphatic rings. The monoisotopic (exact) mass is 400 g/mol. The third-order valence-corrected chi connectivity index (χ3v) is 4.50. The molecule has 0 fully saturated rings. The van der Waals surface area contributed by atoms with Crippen LogP contribution >= 0.6 is 0 Å². The summed E-state index contributed by atoms with van der Waals surface area (Å²) in [6.45, 7) is 10.9. The topological polar surface area (TPSA) is 52.6 Å². The van der Waals surface area contributed by atoms with Crippen LogP contribution in [0.3, 0.4) is 0 Å². The van der Waals surface area contributed by atoms with Crippen molar-refractivity contribution in [3.63, 3.8) is 0 Å². The van der Waals surface area contributed by atoms with Crippen molar-refractivity contribution in [2.75, 3.05) is 13.2 Å². The lowest BCUT2D eigenvalue weighted by Crippen LogP contribution is -2.37. The molecule has 0 spiro atoms. The van der Waals surface area contributed by atoms with Crippen molar-refractivity contribution in [2.45, 2.75) is 46.2 Å². The lowest BCUT2D eigenvalue weighted by Gasteiger charge is -2.30. The minimum absolute atomic E-state index is 0.100. The summed E-state index contributed by atoms with van der Waals surface area (Å²) >= 11 is 0. The Morgan fingerprint density at radius 1 is 1.04 bits per heavy atom. The molecule has 1 rings (SSSR count). The number of carbonyl (C=O) groups is 2. The van der Waals surface area contributed by atoms with Crippen LogP contribution in [0.2, 0.25) is 0 Å². The molecule has 7 heteroatoms. The van der Waals surface area contributed by atoms with E-state index in [0.29, 0.717) is 12.0 Å². The molecule has 0 saturated heterocycles. The van der Waals surface area contributed by atoms with Gasteiger partial charge >= 0.3 is 18.1 Å². The van der Waals surface area contributed by atoms with Gasteiger partial charge in [-0.3, -0.25) is 9.59 Å². The highest BCUT2D eigenvalue weighted by atomic mass is 19.4.